The first-order chi connectivity index (χ1) is 12.5. The average molecular weight is 424 g/mol. The monoisotopic (exact) mass is 423 g/mol. The Morgan fingerprint density at radius 1 is 1.12 bits per heavy atom. The van der Waals surface area contributed by atoms with Gasteiger partial charge in [-0.3, -0.25) is 0 Å². The summed E-state index contributed by atoms with van der Waals surface area (Å²) < 4.78 is 36.4. The summed E-state index contributed by atoms with van der Waals surface area (Å²) in [5.41, 5.74) is 0.0840. The number of hydrogen-bond donors (Lipinski definition) is 2. The molecule has 0 unspecified atom stereocenters. The lowest BCUT2D eigenvalue weighted by atomic mass is 9.95. The van der Waals surface area contributed by atoms with Crippen LogP contribution in [0.4, 0.5) is 0 Å². The fourth-order valence-corrected chi connectivity index (χ4v) is 6.01. The molecule has 1 aromatic carbocycles. The number of sulfonamides is 1. The van der Waals surface area contributed by atoms with Crippen molar-refractivity contribution in [1.29, 1.82) is 0 Å². The maximum Gasteiger partial charge on any atom is 0.242 e. The second-order valence-electron chi connectivity index (χ2n) is 5.56. The van der Waals surface area contributed by atoms with Crippen molar-refractivity contribution in [2.45, 2.75) is 10.5 Å². The van der Waals surface area contributed by atoms with Crippen molar-refractivity contribution in [2.24, 2.45) is 0 Å². The van der Waals surface area contributed by atoms with Crippen molar-refractivity contribution < 1.29 is 13.5 Å². The van der Waals surface area contributed by atoms with Crippen LogP contribution in [0.1, 0.15) is 10.4 Å². The second-order valence-corrected chi connectivity index (χ2v) is 9.55. The molecule has 0 saturated carbocycles. The molecule has 0 aliphatic rings. The van der Waals surface area contributed by atoms with Gasteiger partial charge in [-0.15, -0.1) is 11.3 Å². The minimum atomic E-state index is -3.87. The SMILES string of the molecule is O=S(=O)(NC[C@@](O)(c1ccsc1)c1cccs1)c1cccc2nsnc12. The van der Waals surface area contributed by atoms with Crippen LogP contribution in [0.5, 0.6) is 0 Å². The zero-order valence-electron chi connectivity index (χ0n) is 13.2. The van der Waals surface area contributed by atoms with E-state index in [-0.39, 0.29) is 11.4 Å². The van der Waals surface area contributed by atoms with Crippen LogP contribution in [0.25, 0.3) is 11.0 Å². The molecule has 4 aromatic rings. The topological polar surface area (TPSA) is 92.2 Å². The fraction of sp³-hybridized carbons (Fsp3) is 0.125. The highest BCUT2D eigenvalue weighted by atomic mass is 32.2. The van der Waals surface area contributed by atoms with Gasteiger partial charge in [0, 0.05) is 17.0 Å². The van der Waals surface area contributed by atoms with E-state index in [1.54, 1.807) is 24.3 Å². The standard InChI is InChI=1S/C16H13N3O3S4/c20-16(11-6-8-23-9-11,14-5-2-7-24-14)10-17-26(21,22)13-4-1-3-12-15(13)19-25-18-12/h1-9,17,20H,10H2/t16-/m1/s1. The molecular formula is C16H13N3O3S4. The summed E-state index contributed by atoms with van der Waals surface area (Å²) in [6.07, 6.45) is 0. The van der Waals surface area contributed by atoms with Crippen molar-refractivity contribution in [3.8, 4) is 0 Å². The molecule has 3 heterocycles. The van der Waals surface area contributed by atoms with Gasteiger partial charge < -0.3 is 5.11 Å². The van der Waals surface area contributed by atoms with Gasteiger partial charge >= 0.3 is 0 Å². The molecule has 0 aliphatic carbocycles. The number of aliphatic hydroxyl groups is 1. The van der Waals surface area contributed by atoms with E-state index in [0.717, 1.165) is 11.7 Å². The number of aromatic nitrogens is 2. The Morgan fingerprint density at radius 3 is 2.73 bits per heavy atom. The third-order valence-electron chi connectivity index (χ3n) is 3.98. The molecule has 4 rings (SSSR count). The van der Waals surface area contributed by atoms with Gasteiger partial charge in [-0.1, -0.05) is 12.1 Å². The van der Waals surface area contributed by atoms with Gasteiger partial charge in [-0.25, -0.2) is 13.1 Å². The second kappa shape index (κ2) is 6.80. The molecule has 6 nitrogen and oxygen atoms in total. The normalized spacial score (nSPS) is 14.5. The lowest BCUT2D eigenvalue weighted by Crippen LogP contribution is -2.41. The van der Waals surface area contributed by atoms with Crippen LogP contribution in [0.15, 0.2) is 57.4 Å². The van der Waals surface area contributed by atoms with E-state index in [1.807, 2.05) is 22.2 Å². The molecule has 0 radical (unpaired) electrons. The molecular weight excluding hydrogens is 410 g/mol. The van der Waals surface area contributed by atoms with E-state index in [4.69, 9.17) is 0 Å². The summed E-state index contributed by atoms with van der Waals surface area (Å²) in [6.45, 7) is -0.180. The van der Waals surface area contributed by atoms with Crippen molar-refractivity contribution in [1.82, 2.24) is 13.5 Å². The molecule has 0 bridgehead atoms. The molecule has 26 heavy (non-hydrogen) atoms. The molecule has 0 saturated heterocycles. The lowest BCUT2D eigenvalue weighted by Gasteiger charge is -2.26. The van der Waals surface area contributed by atoms with Crippen LogP contribution >= 0.6 is 34.4 Å². The van der Waals surface area contributed by atoms with Crippen LogP contribution < -0.4 is 4.72 Å². The molecule has 3 aromatic heterocycles. The maximum atomic E-state index is 12.9. The highest BCUT2D eigenvalue weighted by Crippen LogP contribution is 2.34. The highest BCUT2D eigenvalue weighted by molar-refractivity contribution is 7.89. The first-order valence-electron chi connectivity index (χ1n) is 7.51. The zero-order chi connectivity index (χ0) is 18.2. The Morgan fingerprint density at radius 2 is 2.00 bits per heavy atom. The van der Waals surface area contributed by atoms with E-state index >= 15 is 0 Å². The summed E-state index contributed by atoms with van der Waals surface area (Å²) in [6, 6.07) is 10.2. The highest BCUT2D eigenvalue weighted by Gasteiger charge is 2.35. The average Bonchev–Trinajstić information content (AvgIpc) is 3.41. The van der Waals surface area contributed by atoms with Crippen LogP contribution in [-0.4, -0.2) is 28.8 Å². The van der Waals surface area contributed by atoms with Gasteiger partial charge in [0.15, 0.2) is 0 Å². The Bertz CT molecular complexity index is 1080. The molecule has 134 valence electrons. The van der Waals surface area contributed by atoms with Gasteiger partial charge in [0.25, 0.3) is 0 Å². The van der Waals surface area contributed by atoms with Gasteiger partial charge in [-0.2, -0.15) is 20.1 Å². The van der Waals surface area contributed by atoms with Gasteiger partial charge in [0.05, 0.1) is 11.7 Å². The number of hydrogen-bond acceptors (Lipinski definition) is 8. The Balaban J connectivity index is 1.69. The zero-order valence-corrected chi connectivity index (χ0v) is 16.5. The van der Waals surface area contributed by atoms with Crippen molar-refractivity contribution in [3.63, 3.8) is 0 Å². The van der Waals surface area contributed by atoms with Gasteiger partial charge in [0.1, 0.15) is 21.5 Å². The lowest BCUT2D eigenvalue weighted by molar-refractivity contribution is 0.0903. The van der Waals surface area contributed by atoms with Crippen LogP contribution in [0.2, 0.25) is 0 Å². The van der Waals surface area contributed by atoms with E-state index in [0.29, 0.717) is 21.5 Å². The Kier molecular flexibility index (Phi) is 4.63. The number of fused-ring (bicyclic) bond motifs is 1. The molecule has 0 fully saturated rings. The molecule has 2 N–H and O–H groups in total. The van der Waals surface area contributed by atoms with Crippen molar-refractivity contribution >= 4 is 55.5 Å². The number of nitrogens with one attached hydrogen (secondary N) is 1. The summed E-state index contributed by atoms with van der Waals surface area (Å²) in [5, 5.41) is 16.8. The van der Waals surface area contributed by atoms with E-state index in [1.165, 1.54) is 28.7 Å². The summed E-state index contributed by atoms with van der Waals surface area (Å²) in [5.74, 6) is 0. The first-order valence-corrected chi connectivity index (χ1v) is 11.5. The van der Waals surface area contributed by atoms with E-state index < -0.39 is 15.6 Å². The van der Waals surface area contributed by atoms with E-state index in [9.17, 15) is 13.5 Å². The third kappa shape index (κ3) is 3.08. The predicted octanol–water partition coefficient (Wildman–Crippen LogP) is 3.03. The van der Waals surface area contributed by atoms with Crippen molar-refractivity contribution in [3.05, 3.63) is 63.0 Å². The molecule has 1 atom stereocenters. The molecule has 0 spiro atoms. The Labute approximate surface area is 162 Å². The van der Waals surface area contributed by atoms with Crippen LogP contribution in [0, 0.1) is 0 Å². The molecule has 0 aliphatic heterocycles. The molecule has 0 amide bonds. The summed E-state index contributed by atoms with van der Waals surface area (Å²) in [7, 11) is -3.87. The number of rotatable bonds is 6. The number of benzene rings is 1. The molecule has 10 heteroatoms. The quantitative estimate of drug-likeness (QED) is 0.497. The summed E-state index contributed by atoms with van der Waals surface area (Å²) in [4.78, 5) is 0.731. The van der Waals surface area contributed by atoms with Crippen molar-refractivity contribution in [2.75, 3.05) is 6.54 Å². The smallest absolute Gasteiger partial charge is 0.242 e. The maximum absolute atomic E-state index is 12.9. The van der Waals surface area contributed by atoms with Gasteiger partial charge in [0.2, 0.25) is 10.0 Å². The minimum absolute atomic E-state index is 0.0580. The largest absolute Gasteiger partial charge is 0.378 e. The first kappa shape index (κ1) is 17.7. The van der Waals surface area contributed by atoms with Crippen LogP contribution in [-0.2, 0) is 15.6 Å². The third-order valence-corrected chi connectivity index (χ3v) is 7.66. The van der Waals surface area contributed by atoms with Gasteiger partial charge in [-0.05, 0) is 40.4 Å². The van der Waals surface area contributed by atoms with E-state index in [2.05, 4.69) is 13.5 Å². The summed E-state index contributed by atoms with van der Waals surface area (Å²) >= 11 is 3.79. The number of thiophene rings is 2. The minimum Gasteiger partial charge on any atom is -0.378 e. The van der Waals surface area contributed by atoms with Crippen LogP contribution in [0.3, 0.4) is 0 Å². The predicted molar refractivity (Wildman–Crippen MR) is 104 cm³/mol. The number of nitrogens with zero attached hydrogens (tertiary/aromatic N) is 2. The Hall–Kier alpha value is -1.69. The fourth-order valence-electron chi connectivity index (χ4n) is 2.62.